The van der Waals surface area contributed by atoms with Gasteiger partial charge < -0.3 is 28.6 Å². The van der Waals surface area contributed by atoms with E-state index in [0.717, 1.165) is 37.3 Å². The molecular formula is C30H36N2O8. The van der Waals surface area contributed by atoms with Crippen LogP contribution in [0.15, 0.2) is 66.8 Å². The minimum atomic E-state index is -0.647. The number of piperazine rings is 1. The Morgan fingerprint density at radius 3 is 2.00 bits per heavy atom. The van der Waals surface area contributed by atoms with E-state index in [1.165, 1.54) is 26.9 Å². The Labute approximate surface area is 235 Å². The van der Waals surface area contributed by atoms with Crippen LogP contribution in [-0.2, 0) is 24.0 Å². The Balaban J connectivity index is 0.00000274. The third-order valence-corrected chi connectivity index (χ3v) is 5.70. The first kappa shape index (κ1) is 31.8. The number of hydrogen-bond acceptors (Lipinski definition) is 10. The van der Waals surface area contributed by atoms with Crippen molar-refractivity contribution in [2.45, 2.75) is 0 Å². The van der Waals surface area contributed by atoms with E-state index in [-0.39, 0.29) is 6.61 Å². The summed E-state index contributed by atoms with van der Waals surface area (Å²) in [5.41, 5.74) is 1.95. The van der Waals surface area contributed by atoms with Crippen LogP contribution in [-0.4, -0.2) is 89.4 Å². The number of rotatable bonds is 12. The second-order valence-electron chi connectivity index (χ2n) is 8.28. The van der Waals surface area contributed by atoms with Crippen LogP contribution in [0.4, 0.5) is 0 Å². The maximum Gasteiger partial charge on any atom is 0.349 e. The molecule has 10 heteroatoms. The van der Waals surface area contributed by atoms with Gasteiger partial charge >= 0.3 is 11.9 Å². The summed E-state index contributed by atoms with van der Waals surface area (Å²) in [6.45, 7) is 5.59. The predicted octanol–water partition coefficient (Wildman–Crippen LogP) is 3.43. The van der Waals surface area contributed by atoms with Crippen LogP contribution < -0.4 is 14.2 Å². The van der Waals surface area contributed by atoms with Crippen molar-refractivity contribution in [1.82, 2.24) is 9.96 Å². The summed E-state index contributed by atoms with van der Waals surface area (Å²) in [6, 6.07) is 13.7. The van der Waals surface area contributed by atoms with Crippen LogP contribution >= 0.6 is 0 Å². The average Bonchev–Trinajstić information content (AvgIpc) is 3.00. The number of hydroxylamine groups is 2. The summed E-state index contributed by atoms with van der Waals surface area (Å²) in [4.78, 5) is 39.6. The topological polar surface area (TPSA) is 104 Å². The van der Waals surface area contributed by atoms with Gasteiger partial charge in [-0.25, -0.2) is 9.59 Å². The van der Waals surface area contributed by atoms with Crippen LogP contribution in [0.3, 0.4) is 0 Å². The van der Waals surface area contributed by atoms with Gasteiger partial charge in [-0.05, 0) is 29.3 Å². The number of hydrogen-bond donors (Lipinski definition) is 0. The zero-order valence-electron chi connectivity index (χ0n) is 23.1. The minimum Gasteiger partial charge on any atom is -0.493 e. The SMILES string of the molecule is C=O.COc1cc(/C=C/COC(=O)/C=C\C(=O)ON2CCN(C/C=C/c3ccccc3)CC2)cc(OC)c1OC. The summed E-state index contributed by atoms with van der Waals surface area (Å²) >= 11 is 0. The van der Waals surface area contributed by atoms with Crippen LogP contribution in [0, 0.1) is 0 Å². The normalized spacial score (nSPS) is 14.1. The molecule has 0 atom stereocenters. The van der Waals surface area contributed by atoms with Gasteiger partial charge in [-0.3, -0.25) is 4.90 Å². The molecule has 0 unspecified atom stereocenters. The summed E-state index contributed by atoms with van der Waals surface area (Å²) in [5, 5.41) is 1.61. The number of ether oxygens (including phenoxy) is 4. The molecule has 1 aliphatic heterocycles. The second kappa shape index (κ2) is 18.0. The maximum atomic E-state index is 12.1. The molecule has 1 fully saturated rings. The fourth-order valence-electron chi connectivity index (χ4n) is 3.76. The highest BCUT2D eigenvalue weighted by Crippen LogP contribution is 2.38. The molecule has 0 amide bonds. The molecule has 0 bridgehead atoms. The van der Waals surface area contributed by atoms with Gasteiger partial charge in [0.25, 0.3) is 0 Å². The molecular weight excluding hydrogens is 516 g/mol. The number of carbonyl (C=O) groups is 3. The molecule has 2 aromatic rings. The number of nitrogens with zero attached hydrogens (tertiary/aromatic N) is 2. The molecule has 2 aromatic carbocycles. The first-order valence-electron chi connectivity index (χ1n) is 12.5. The van der Waals surface area contributed by atoms with Gasteiger partial charge in [0.15, 0.2) is 11.5 Å². The molecule has 3 rings (SSSR count). The molecule has 40 heavy (non-hydrogen) atoms. The zero-order valence-corrected chi connectivity index (χ0v) is 23.1. The number of benzene rings is 2. The van der Waals surface area contributed by atoms with Gasteiger partial charge in [-0.1, -0.05) is 48.6 Å². The molecule has 0 aromatic heterocycles. The standard InChI is InChI=1S/C29H34N2O7.CH2O/c1-34-25-21-24(22-26(35-2)29(25)36-3)12-8-20-37-27(32)13-14-28(33)38-31-18-16-30(17-19-31)15-7-11-23-9-5-4-6-10-23;1-2/h4-14,21-22H,15-20H2,1-3H3;1H2/b11-7+,12-8+,14-13-;. The van der Waals surface area contributed by atoms with Crippen molar-refractivity contribution in [2.75, 3.05) is 60.7 Å². The third kappa shape index (κ3) is 10.8. The summed E-state index contributed by atoms with van der Waals surface area (Å²) in [5.74, 6) is 0.268. The van der Waals surface area contributed by atoms with Crippen LogP contribution in [0.25, 0.3) is 12.2 Å². The summed E-state index contributed by atoms with van der Waals surface area (Å²) in [6.07, 6.45) is 9.78. The van der Waals surface area contributed by atoms with Crippen molar-refractivity contribution in [3.05, 3.63) is 77.9 Å². The third-order valence-electron chi connectivity index (χ3n) is 5.70. The quantitative estimate of drug-likeness (QED) is 0.287. The fourth-order valence-corrected chi connectivity index (χ4v) is 3.76. The van der Waals surface area contributed by atoms with Gasteiger partial charge in [0.2, 0.25) is 5.75 Å². The van der Waals surface area contributed by atoms with E-state index < -0.39 is 11.9 Å². The highest BCUT2D eigenvalue weighted by molar-refractivity contribution is 5.91. The van der Waals surface area contributed by atoms with Crippen molar-refractivity contribution in [3.8, 4) is 17.2 Å². The smallest absolute Gasteiger partial charge is 0.349 e. The number of carbonyl (C=O) groups excluding carboxylic acids is 3. The molecule has 1 heterocycles. The highest BCUT2D eigenvalue weighted by atomic mass is 16.7. The average molecular weight is 553 g/mol. The largest absolute Gasteiger partial charge is 0.493 e. The summed E-state index contributed by atoms with van der Waals surface area (Å²) in [7, 11) is 4.61. The first-order chi connectivity index (χ1) is 19.5. The van der Waals surface area contributed by atoms with Gasteiger partial charge in [-0.15, -0.1) is 5.06 Å². The van der Waals surface area contributed by atoms with Crippen molar-refractivity contribution >= 4 is 30.9 Å². The fraction of sp³-hybridized carbons (Fsp3) is 0.300. The second-order valence-corrected chi connectivity index (χ2v) is 8.28. The van der Waals surface area contributed by atoms with E-state index in [4.69, 9.17) is 28.6 Å². The Kier molecular flexibility index (Phi) is 14.3. The predicted molar refractivity (Wildman–Crippen MR) is 152 cm³/mol. The van der Waals surface area contributed by atoms with Gasteiger partial charge in [0.1, 0.15) is 13.4 Å². The Bertz CT molecular complexity index is 1130. The van der Waals surface area contributed by atoms with Crippen LogP contribution in [0.5, 0.6) is 17.2 Å². The molecule has 214 valence electrons. The molecule has 0 aliphatic carbocycles. The highest BCUT2D eigenvalue weighted by Gasteiger charge is 2.18. The lowest BCUT2D eigenvalue weighted by Gasteiger charge is -2.32. The van der Waals surface area contributed by atoms with E-state index in [9.17, 15) is 9.59 Å². The summed E-state index contributed by atoms with van der Waals surface area (Å²) < 4.78 is 21.1. The van der Waals surface area contributed by atoms with Gasteiger partial charge in [0.05, 0.1) is 21.3 Å². The zero-order chi connectivity index (χ0) is 29.2. The van der Waals surface area contributed by atoms with Crippen molar-refractivity contribution in [3.63, 3.8) is 0 Å². The van der Waals surface area contributed by atoms with E-state index >= 15 is 0 Å². The molecule has 1 saturated heterocycles. The van der Waals surface area contributed by atoms with Gasteiger partial charge in [0, 0.05) is 44.9 Å². The lowest BCUT2D eigenvalue weighted by molar-refractivity contribution is -0.191. The number of esters is 1. The molecule has 10 nitrogen and oxygen atoms in total. The lowest BCUT2D eigenvalue weighted by atomic mass is 10.1. The van der Waals surface area contributed by atoms with Crippen molar-refractivity contribution in [2.24, 2.45) is 0 Å². The Morgan fingerprint density at radius 2 is 1.40 bits per heavy atom. The van der Waals surface area contributed by atoms with Crippen molar-refractivity contribution < 1.29 is 38.2 Å². The molecule has 0 spiro atoms. The Morgan fingerprint density at radius 1 is 0.800 bits per heavy atom. The molecule has 1 aliphatic rings. The lowest BCUT2D eigenvalue weighted by Crippen LogP contribution is -2.46. The Hall–Kier alpha value is -4.41. The van der Waals surface area contributed by atoms with Gasteiger partial charge in [-0.2, -0.15) is 0 Å². The van der Waals surface area contributed by atoms with E-state index in [1.807, 2.05) is 25.0 Å². The molecule has 0 saturated carbocycles. The van der Waals surface area contributed by atoms with Crippen LogP contribution in [0.1, 0.15) is 11.1 Å². The van der Waals surface area contributed by atoms with E-state index in [2.05, 4.69) is 29.2 Å². The minimum absolute atomic E-state index is 0.0234. The van der Waals surface area contributed by atoms with E-state index in [1.54, 1.807) is 29.3 Å². The monoisotopic (exact) mass is 552 g/mol. The first-order valence-corrected chi connectivity index (χ1v) is 12.5. The maximum absolute atomic E-state index is 12.1. The van der Waals surface area contributed by atoms with E-state index in [0.29, 0.717) is 30.3 Å². The van der Waals surface area contributed by atoms with Crippen LogP contribution in [0.2, 0.25) is 0 Å². The molecule has 0 N–H and O–H groups in total. The number of methoxy groups -OCH3 is 3. The van der Waals surface area contributed by atoms with Crippen molar-refractivity contribution in [1.29, 1.82) is 0 Å². The molecule has 0 radical (unpaired) electrons.